The number of hydrogen-bond donors (Lipinski definition) is 1. The fourth-order valence-electron chi connectivity index (χ4n) is 4.67. The molecule has 2 N–H and O–H groups in total. The van der Waals surface area contributed by atoms with E-state index in [2.05, 4.69) is 61.6 Å². The highest BCUT2D eigenvalue weighted by molar-refractivity contribution is 9.10. The Morgan fingerprint density at radius 1 is 1.11 bits per heavy atom. The molecular weight excluding hydrogens is 402 g/mol. The standard InChI is InChI=1S/C21H30BrN5/c1-25-20(22)19(24-21(25)16-7-3-2-4-8-16)18(15-23)27-13-11-26(12-14-27)17-9-5-6-10-17/h2-4,7-8,17-18H,5-6,9-15,23H2,1H3. The number of piperazine rings is 1. The van der Waals surface area contributed by atoms with Gasteiger partial charge in [0.1, 0.15) is 10.4 Å². The molecule has 2 heterocycles. The topological polar surface area (TPSA) is 50.3 Å². The third kappa shape index (κ3) is 3.86. The SMILES string of the molecule is Cn1c(-c2ccccc2)nc(C(CN)N2CCN(C3CCCC3)CC2)c1Br. The Morgan fingerprint density at radius 3 is 2.41 bits per heavy atom. The van der Waals surface area contributed by atoms with Crippen LogP contribution in [-0.2, 0) is 7.05 Å². The van der Waals surface area contributed by atoms with Gasteiger partial charge in [-0.25, -0.2) is 4.98 Å². The molecule has 1 aliphatic carbocycles. The van der Waals surface area contributed by atoms with Gasteiger partial charge in [-0.3, -0.25) is 9.80 Å². The van der Waals surface area contributed by atoms with Crippen molar-refractivity contribution in [2.75, 3.05) is 32.7 Å². The van der Waals surface area contributed by atoms with Crippen LogP contribution in [0.3, 0.4) is 0 Å². The van der Waals surface area contributed by atoms with Crippen molar-refractivity contribution in [3.05, 3.63) is 40.6 Å². The van der Waals surface area contributed by atoms with Crippen molar-refractivity contribution in [2.45, 2.75) is 37.8 Å². The molecule has 1 aromatic heterocycles. The highest BCUT2D eigenvalue weighted by Crippen LogP contribution is 2.32. The Bertz CT molecular complexity index is 745. The molecule has 2 aliphatic rings. The van der Waals surface area contributed by atoms with Crippen LogP contribution in [0.4, 0.5) is 0 Å². The summed E-state index contributed by atoms with van der Waals surface area (Å²) < 4.78 is 3.16. The quantitative estimate of drug-likeness (QED) is 0.787. The molecule has 0 bridgehead atoms. The largest absolute Gasteiger partial charge is 0.329 e. The number of rotatable bonds is 5. The van der Waals surface area contributed by atoms with E-state index in [1.54, 1.807) is 0 Å². The first-order valence-electron chi connectivity index (χ1n) is 10.1. The third-order valence-corrected chi connectivity index (χ3v) is 7.19. The number of nitrogens with zero attached hydrogens (tertiary/aromatic N) is 4. The molecule has 0 spiro atoms. The molecule has 5 nitrogen and oxygen atoms in total. The zero-order valence-corrected chi connectivity index (χ0v) is 17.7. The van der Waals surface area contributed by atoms with Gasteiger partial charge in [0.05, 0.1) is 11.7 Å². The molecule has 2 aromatic rings. The summed E-state index contributed by atoms with van der Waals surface area (Å²) in [6, 6.07) is 11.3. The summed E-state index contributed by atoms with van der Waals surface area (Å²) >= 11 is 3.78. The molecule has 146 valence electrons. The first kappa shape index (κ1) is 19.1. The van der Waals surface area contributed by atoms with Crippen LogP contribution in [0, 0.1) is 0 Å². The molecule has 1 aromatic carbocycles. The lowest BCUT2D eigenvalue weighted by Gasteiger charge is -2.41. The van der Waals surface area contributed by atoms with Crippen LogP contribution < -0.4 is 5.73 Å². The van der Waals surface area contributed by atoms with Crippen molar-refractivity contribution in [2.24, 2.45) is 12.8 Å². The maximum atomic E-state index is 6.23. The third-order valence-electron chi connectivity index (χ3n) is 6.25. The highest BCUT2D eigenvalue weighted by atomic mass is 79.9. The monoisotopic (exact) mass is 431 g/mol. The van der Waals surface area contributed by atoms with Gasteiger partial charge in [0.25, 0.3) is 0 Å². The Hall–Kier alpha value is -1.21. The van der Waals surface area contributed by atoms with Crippen LogP contribution in [0.5, 0.6) is 0 Å². The molecule has 27 heavy (non-hydrogen) atoms. The summed E-state index contributed by atoms with van der Waals surface area (Å²) in [5.74, 6) is 0.987. The fourth-order valence-corrected chi connectivity index (χ4v) is 5.20. The van der Waals surface area contributed by atoms with Gasteiger partial charge in [-0.1, -0.05) is 43.2 Å². The Balaban J connectivity index is 1.51. The normalized spacial score (nSPS) is 21.0. The molecule has 1 saturated heterocycles. The van der Waals surface area contributed by atoms with Crippen molar-refractivity contribution >= 4 is 15.9 Å². The molecular formula is C21H30BrN5. The van der Waals surface area contributed by atoms with Crippen LogP contribution in [0.2, 0.25) is 0 Å². The minimum absolute atomic E-state index is 0.161. The second kappa shape index (κ2) is 8.43. The molecule has 4 rings (SSSR count). The van der Waals surface area contributed by atoms with Gasteiger partial charge >= 0.3 is 0 Å². The van der Waals surface area contributed by atoms with Crippen molar-refractivity contribution in [3.8, 4) is 11.4 Å². The number of imidazole rings is 1. The summed E-state index contributed by atoms with van der Waals surface area (Å²) in [5.41, 5.74) is 8.43. The van der Waals surface area contributed by atoms with Crippen LogP contribution in [0.15, 0.2) is 34.9 Å². The number of benzene rings is 1. The van der Waals surface area contributed by atoms with Crippen molar-refractivity contribution in [1.82, 2.24) is 19.4 Å². The summed E-state index contributed by atoms with van der Waals surface area (Å²) in [7, 11) is 2.06. The summed E-state index contributed by atoms with van der Waals surface area (Å²) in [6.07, 6.45) is 5.57. The molecule has 0 radical (unpaired) electrons. The van der Waals surface area contributed by atoms with E-state index in [0.29, 0.717) is 6.54 Å². The van der Waals surface area contributed by atoms with Crippen molar-refractivity contribution in [3.63, 3.8) is 0 Å². The summed E-state index contributed by atoms with van der Waals surface area (Å²) in [5, 5.41) is 0. The average Bonchev–Trinajstić information content (AvgIpc) is 3.34. The summed E-state index contributed by atoms with van der Waals surface area (Å²) in [4.78, 5) is 10.2. The minimum Gasteiger partial charge on any atom is -0.329 e. The van der Waals surface area contributed by atoms with E-state index in [-0.39, 0.29) is 6.04 Å². The van der Waals surface area contributed by atoms with E-state index in [0.717, 1.165) is 53.9 Å². The first-order valence-corrected chi connectivity index (χ1v) is 10.9. The minimum atomic E-state index is 0.161. The van der Waals surface area contributed by atoms with Gasteiger partial charge in [-0.05, 0) is 28.8 Å². The van der Waals surface area contributed by atoms with E-state index in [9.17, 15) is 0 Å². The maximum Gasteiger partial charge on any atom is 0.140 e. The average molecular weight is 432 g/mol. The highest BCUT2D eigenvalue weighted by Gasteiger charge is 2.31. The van der Waals surface area contributed by atoms with Gasteiger partial charge in [-0.15, -0.1) is 0 Å². The second-order valence-electron chi connectivity index (χ2n) is 7.80. The van der Waals surface area contributed by atoms with E-state index in [4.69, 9.17) is 10.7 Å². The van der Waals surface area contributed by atoms with Crippen LogP contribution in [0.25, 0.3) is 11.4 Å². The van der Waals surface area contributed by atoms with Gasteiger partial charge in [-0.2, -0.15) is 0 Å². The molecule has 1 unspecified atom stereocenters. The van der Waals surface area contributed by atoms with E-state index < -0.39 is 0 Å². The predicted molar refractivity (Wildman–Crippen MR) is 114 cm³/mol. The zero-order chi connectivity index (χ0) is 18.8. The summed E-state index contributed by atoms with van der Waals surface area (Å²) in [6.45, 7) is 5.03. The molecule has 0 amide bonds. The van der Waals surface area contributed by atoms with E-state index in [1.807, 2.05) is 6.07 Å². The molecule has 1 atom stereocenters. The van der Waals surface area contributed by atoms with Crippen LogP contribution >= 0.6 is 15.9 Å². The predicted octanol–water partition coefficient (Wildman–Crippen LogP) is 3.41. The zero-order valence-electron chi connectivity index (χ0n) is 16.1. The number of halogens is 1. The van der Waals surface area contributed by atoms with Gasteiger partial charge in [0.15, 0.2) is 0 Å². The van der Waals surface area contributed by atoms with E-state index >= 15 is 0 Å². The second-order valence-corrected chi connectivity index (χ2v) is 8.55. The molecule has 1 aliphatic heterocycles. The Morgan fingerprint density at radius 2 is 1.78 bits per heavy atom. The Labute approximate surface area is 170 Å². The first-order chi connectivity index (χ1) is 13.2. The van der Waals surface area contributed by atoms with Gasteiger partial charge in [0.2, 0.25) is 0 Å². The smallest absolute Gasteiger partial charge is 0.140 e. The lowest BCUT2D eigenvalue weighted by Crippen LogP contribution is -2.51. The van der Waals surface area contributed by atoms with Gasteiger partial charge < -0.3 is 10.3 Å². The lowest BCUT2D eigenvalue weighted by atomic mass is 10.1. The lowest BCUT2D eigenvalue weighted by molar-refractivity contribution is 0.0709. The number of nitrogens with two attached hydrogens (primary N) is 1. The van der Waals surface area contributed by atoms with Crippen molar-refractivity contribution < 1.29 is 0 Å². The van der Waals surface area contributed by atoms with Crippen LogP contribution in [-0.4, -0.2) is 58.1 Å². The number of aromatic nitrogens is 2. The molecule has 6 heteroatoms. The fraction of sp³-hybridized carbons (Fsp3) is 0.571. The maximum absolute atomic E-state index is 6.23. The Kier molecular flexibility index (Phi) is 5.97. The van der Waals surface area contributed by atoms with Crippen molar-refractivity contribution in [1.29, 1.82) is 0 Å². The molecule has 2 fully saturated rings. The van der Waals surface area contributed by atoms with E-state index in [1.165, 1.54) is 25.7 Å². The molecule has 1 saturated carbocycles. The van der Waals surface area contributed by atoms with Gasteiger partial charge in [0, 0.05) is 51.4 Å². The number of hydrogen-bond acceptors (Lipinski definition) is 4. The van der Waals surface area contributed by atoms with Crippen LogP contribution in [0.1, 0.15) is 37.4 Å².